The van der Waals surface area contributed by atoms with Crippen molar-refractivity contribution >= 4 is 39.7 Å². The molecule has 2 rings (SSSR count). The van der Waals surface area contributed by atoms with E-state index in [4.69, 9.17) is 5.11 Å². The van der Waals surface area contributed by atoms with Gasteiger partial charge in [0.2, 0.25) is 0 Å². The third-order valence-electron chi connectivity index (χ3n) is 1.96. The van der Waals surface area contributed by atoms with Gasteiger partial charge >= 0.3 is 5.97 Å². The molecule has 0 fully saturated rings. The molecule has 4 heteroatoms. The number of rotatable bonds is 1. The topological polar surface area (TPSA) is 37.3 Å². The van der Waals surface area contributed by atoms with E-state index in [2.05, 4.69) is 15.9 Å². The highest BCUT2D eigenvalue weighted by Gasteiger charge is 2.15. The molecule has 14 heavy (non-hydrogen) atoms. The molecule has 0 atom stereocenters. The van der Waals surface area contributed by atoms with Crippen molar-refractivity contribution in [3.63, 3.8) is 0 Å². The summed E-state index contributed by atoms with van der Waals surface area (Å²) in [6, 6.07) is 5.90. The van der Waals surface area contributed by atoms with Crippen molar-refractivity contribution in [1.82, 2.24) is 0 Å². The van der Waals surface area contributed by atoms with Crippen molar-refractivity contribution in [1.29, 1.82) is 0 Å². The fourth-order valence-electron chi connectivity index (χ4n) is 1.27. The van der Waals surface area contributed by atoms with E-state index in [1.165, 1.54) is 0 Å². The lowest BCUT2D eigenvalue weighted by Gasteiger charge is -2.13. The molecule has 0 amide bonds. The second kappa shape index (κ2) is 3.79. The molecule has 1 N–H and O–H groups in total. The Labute approximate surface area is 94.1 Å². The van der Waals surface area contributed by atoms with Gasteiger partial charge in [0.1, 0.15) is 0 Å². The van der Waals surface area contributed by atoms with Crippen LogP contribution in [0.1, 0.15) is 5.56 Å². The lowest BCUT2D eigenvalue weighted by molar-refractivity contribution is -0.132. The fraction of sp³-hybridized carbons (Fsp3) is 0.100. The summed E-state index contributed by atoms with van der Waals surface area (Å²) in [5.41, 5.74) is 1.44. The highest BCUT2D eigenvalue weighted by atomic mass is 79.9. The first-order chi connectivity index (χ1) is 6.66. The van der Waals surface area contributed by atoms with Crippen molar-refractivity contribution in [2.45, 2.75) is 4.90 Å². The van der Waals surface area contributed by atoms with Crippen LogP contribution in [0, 0.1) is 0 Å². The van der Waals surface area contributed by atoms with Crippen molar-refractivity contribution in [2.75, 3.05) is 5.75 Å². The zero-order chi connectivity index (χ0) is 10.1. The molecule has 1 heterocycles. The molecule has 1 aliphatic heterocycles. The van der Waals surface area contributed by atoms with E-state index in [0.29, 0.717) is 11.3 Å². The second-order valence-electron chi connectivity index (χ2n) is 2.95. The Balaban J connectivity index is 2.47. The molecule has 0 unspecified atom stereocenters. The maximum absolute atomic E-state index is 10.8. The van der Waals surface area contributed by atoms with Crippen LogP contribution in [0.5, 0.6) is 0 Å². The summed E-state index contributed by atoms with van der Waals surface area (Å²) in [5.74, 6) is -0.285. The van der Waals surface area contributed by atoms with E-state index >= 15 is 0 Å². The number of hydrogen-bond acceptors (Lipinski definition) is 2. The van der Waals surface area contributed by atoms with Crippen LogP contribution in [-0.2, 0) is 4.79 Å². The van der Waals surface area contributed by atoms with Crippen LogP contribution in [-0.4, -0.2) is 16.8 Å². The predicted molar refractivity (Wildman–Crippen MR) is 60.5 cm³/mol. The molecular weight excluding hydrogens is 264 g/mol. The Bertz CT molecular complexity index is 426. The fourth-order valence-corrected chi connectivity index (χ4v) is 2.62. The summed E-state index contributed by atoms with van der Waals surface area (Å²) in [4.78, 5) is 11.9. The summed E-state index contributed by atoms with van der Waals surface area (Å²) in [6.07, 6.45) is 1.74. The molecule has 0 saturated heterocycles. The standard InChI is InChI=1S/C10H7BrO2S/c11-8-1-2-9-6(4-8)3-7(5-14-9)10(12)13/h1-4H,5H2,(H,12,13). The molecule has 1 aromatic rings. The number of thioether (sulfide) groups is 1. The van der Waals surface area contributed by atoms with E-state index < -0.39 is 5.97 Å². The summed E-state index contributed by atoms with van der Waals surface area (Å²) in [7, 11) is 0. The predicted octanol–water partition coefficient (Wildman–Crippen LogP) is 3.02. The molecule has 0 aliphatic carbocycles. The lowest BCUT2D eigenvalue weighted by Crippen LogP contribution is -2.06. The number of carbonyl (C=O) groups is 1. The third-order valence-corrected chi connectivity index (χ3v) is 3.59. The molecule has 1 aromatic carbocycles. The average Bonchev–Trinajstić information content (AvgIpc) is 2.16. The minimum absolute atomic E-state index is 0.459. The van der Waals surface area contributed by atoms with Gasteiger partial charge in [0.05, 0.1) is 0 Å². The maximum atomic E-state index is 10.8. The molecule has 0 aromatic heterocycles. The zero-order valence-electron chi connectivity index (χ0n) is 7.16. The lowest BCUT2D eigenvalue weighted by atomic mass is 10.1. The van der Waals surface area contributed by atoms with Gasteiger partial charge in [-0.2, -0.15) is 0 Å². The molecule has 72 valence electrons. The monoisotopic (exact) mass is 270 g/mol. The van der Waals surface area contributed by atoms with E-state index in [9.17, 15) is 4.79 Å². The van der Waals surface area contributed by atoms with Gasteiger partial charge in [-0.1, -0.05) is 15.9 Å². The van der Waals surface area contributed by atoms with Gasteiger partial charge in [0.15, 0.2) is 0 Å². The molecule has 2 nitrogen and oxygen atoms in total. The van der Waals surface area contributed by atoms with Crippen LogP contribution in [0.3, 0.4) is 0 Å². The van der Waals surface area contributed by atoms with Gasteiger partial charge in [-0.3, -0.25) is 0 Å². The third kappa shape index (κ3) is 1.86. The first-order valence-corrected chi connectivity index (χ1v) is 5.81. The number of benzene rings is 1. The van der Waals surface area contributed by atoms with E-state index in [1.807, 2.05) is 18.2 Å². The van der Waals surface area contributed by atoms with Crippen LogP contribution < -0.4 is 0 Å². The smallest absolute Gasteiger partial charge is 0.332 e. The first-order valence-electron chi connectivity index (χ1n) is 4.03. The number of carboxylic acids is 1. The number of carboxylic acid groups (broad SMARTS) is 1. The van der Waals surface area contributed by atoms with E-state index in [-0.39, 0.29) is 0 Å². The maximum Gasteiger partial charge on any atom is 0.332 e. The Hall–Kier alpha value is -0.740. The van der Waals surface area contributed by atoms with Crippen LogP contribution >= 0.6 is 27.7 Å². The van der Waals surface area contributed by atoms with Crippen molar-refractivity contribution in [3.8, 4) is 0 Å². The van der Waals surface area contributed by atoms with Gasteiger partial charge in [-0.05, 0) is 29.8 Å². The van der Waals surface area contributed by atoms with Crippen LogP contribution in [0.2, 0.25) is 0 Å². The van der Waals surface area contributed by atoms with Crippen molar-refractivity contribution in [3.05, 3.63) is 33.8 Å². The second-order valence-corrected chi connectivity index (χ2v) is 4.88. The van der Waals surface area contributed by atoms with E-state index in [0.717, 1.165) is 14.9 Å². The molecule has 0 spiro atoms. The highest BCUT2D eigenvalue weighted by molar-refractivity contribution is 9.10. The summed E-state index contributed by atoms with van der Waals surface area (Å²) >= 11 is 4.93. The highest BCUT2D eigenvalue weighted by Crippen LogP contribution is 2.33. The van der Waals surface area contributed by atoms with Crippen LogP contribution in [0.4, 0.5) is 0 Å². The Morgan fingerprint density at radius 2 is 2.29 bits per heavy atom. The summed E-state index contributed by atoms with van der Waals surface area (Å²) < 4.78 is 0.972. The average molecular weight is 271 g/mol. The minimum Gasteiger partial charge on any atom is -0.478 e. The molecule has 0 radical (unpaired) electrons. The van der Waals surface area contributed by atoms with Gasteiger partial charge in [-0.15, -0.1) is 11.8 Å². The molecule has 1 aliphatic rings. The molecular formula is C10H7BrO2S. The van der Waals surface area contributed by atoms with Gasteiger partial charge in [0, 0.05) is 20.7 Å². The SMILES string of the molecule is O=C(O)C1=Cc2cc(Br)ccc2SC1. The number of aliphatic carboxylic acids is 1. The van der Waals surface area contributed by atoms with Gasteiger partial charge in [0.25, 0.3) is 0 Å². The van der Waals surface area contributed by atoms with Crippen LogP contribution in [0.15, 0.2) is 33.1 Å². The number of fused-ring (bicyclic) bond motifs is 1. The Morgan fingerprint density at radius 1 is 1.50 bits per heavy atom. The Kier molecular flexibility index (Phi) is 2.65. The number of halogens is 1. The zero-order valence-corrected chi connectivity index (χ0v) is 9.56. The quantitative estimate of drug-likeness (QED) is 0.853. The Morgan fingerprint density at radius 3 is 3.00 bits per heavy atom. The van der Waals surface area contributed by atoms with E-state index in [1.54, 1.807) is 17.8 Å². The van der Waals surface area contributed by atoms with Gasteiger partial charge < -0.3 is 5.11 Å². The van der Waals surface area contributed by atoms with Gasteiger partial charge in [-0.25, -0.2) is 4.79 Å². The van der Waals surface area contributed by atoms with Crippen molar-refractivity contribution in [2.24, 2.45) is 0 Å². The normalized spacial score (nSPS) is 14.5. The molecule has 0 bridgehead atoms. The largest absolute Gasteiger partial charge is 0.478 e. The minimum atomic E-state index is -0.830. The van der Waals surface area contributed by atoms with Crippen LogP contribution in [0.25, 0.3) is 6.08 Å². The number of hydrogen-bond donors (Lipinski definition) is 1. The summed E-state index contributed by atoms with van der Waals surface area (Å²) in [6.45, 7) is 0. The van der Waals surface area contributed by atoms with Crippen molar-refractivity contribution < 1.29 is 9.90 Å². The molecule has 0 saturated carbocycles. The summed E-state index contributed by atoms with van der Waals surface area (Å²) in [5, 5.41) is 8.84. The first kappa shape index (κ1) is 9.80.